The lowest BCUT2D eigenvalue weighted by Gasteiger charge is -2.34. The van der Waals surface area contributed by atoms with Crippen molar-refractivity contribution >= 4 is 40.4 Å². The number of carbonyl (C=O) groups excluding carboxylic acids is 1. The first-order valence-electron chi connectivity index (χ1n) is 8.66. The average Bonchev–Trinajstić information content (AvgIpc) is 3.03. The van der Waals surface area contributed by atoms with Crippen molar-refractivity contribution in [1.29, 1.82) is 0 Å². The highest BCUT2D eigenvalue weighted by molar-refractivity contribution is 7.15. The molecule has 1 aromatic heterocycles. The van der Waals surface area contributed by atoms with Gasteiger partial charge in [0.2, 0.25) is 5.91 Å². The number of thiophene rings is 1. The van der Waals surface area contributed by atoms with Crippen LogP contribution in [0.1, 0.15) is 11.3 Å². The summed E-state index contributed by atoms with van der Waals surface area (Å²) in [4.78, 5) is 18.9. The lowest BCUT2D eigenvalue weighted by Crippen LogP contribution is -2.49. The molecule has 1 amide bonds. The Bertz CT molecular complexity index is 817. The topological polar surface area (TPSA) is 23.6 Å². The van der Waals surface area contributed by atoms with Gasteiger partial charge >= 0.3 is 0 Å². The van der Waals surface area contributed by atoms with Gasteiger partial charge in [-0.05, 0) is 36.2 Å². The number of benzene rings is 1. The summed E-state index contributed by atoms with van der Waals surface area (Å²) in [5, 5.41) is 0. The number of carbonyl (C=O) groups is 1. The van der Waals surface area contributed by atoms with Gasteiger partial charge in [0, 0.05) is 42.5 Å². The second-order valence-corrected chi connectivity index (χ2v) is 9.61. The van der Waals surface area contributed by atoms with Gasteiger partial charge in [-0.3, -0.25) is 9.69 Å². The maximum atomic E-state index is 13.4. The third kappa shape index (κ3) is 3.91. The van der Waals surface area contributed by atoms with Gasteiger partial charge in [0.05, 0.1) is 5.92 Å². The monoisotopic (exact) mass is 412 g/mol. The summed E-state index contributed by atoms with van der Waals surface area (Å²) < 4.78 is 12.5. The van der Waals surface area contributed by atoms with Crippen LogP contribution in [0.15, 0.2) is 36.4 Å². The van der Waals surface area contributed by atoms with E-state index in [0.29, 0.717) is 19.5 Å². The smallest absolute Gasteiger partial charge is 0.228 e. The van der Waals surface area contributed by atoms with E-state index in [1.807, 2.05) is 17.0 Å². The van der Waals surface area contributed by atoms with Gasteiger partial charge in [-0.1, -0.05) is 12.1 Å². The zero-order valence-corrected chi connectivity index (χ0v) is 16.5. The zero-order chi connectivity index (χ0) is 18.3. The molecule has 1 aliphatic carbocycles. The Hall–Kier alpha value is -1.14. The molecule has 3 nitrogen and oxygen atoms in total. The first kappa shape index (κ1) is 18.2. The fourth-order valence-electron chi connectivity index (χ4n) is 3.31. The van der Waals surface area contributed by atoms with Crippen LogP contribution in [0.2, 0.25) is 0 Å². The van der Waals surface area contributed by atoms with Crippen LogP contribution in [0.3, 0.4) is 0 Å². The van der Waals surface area contributed by atoms with Crippen molar-refractivity contribution in [2.24, 2.45) is 5.92 Å². The van der Waals surface area contributed by atoms with E-state index < -0.39 is 4.33 Å². The molecule has 138 valence electrons. The summed E-state index contributed by atoms with van der Waals surface area (Å²) in [6.07, 6.45) is 0.563. The largest absolute Gasteiger partial charge is 0.340 e. The standard InChI is InChI=1S/C19H19Cl2FN2OS/c20-19(21)11-16(19)18(25)24-8-6-23(7-9-24)12-15-4-5-17(26-15)13-2-1-3-14(22)10-13/h1-5,10,16H,6-9,11-12H2/t16-/m1/s1. The molecule has 0 spiro atoms. The van der Waals surface area contributed by atoms with Crippen LogP contribution < -0.4 is 0 Å². The fourth-order valence-corrected chi connectivity index (χ4v) is 4.85. The van der Waals surface area contributed by atoms with Crippen molar-refractivity contribution in [2.75, 3.05) is 26.2 Å². The molecule has 4 rings (SSSR count). The highest BCUT2D eigenvalue weighted by atomic mass is 35.5. The van der Waals surface area contributed by atoms with Crippen molar-refractivity contribution in [3.05, 3.63) is 47.1 Å². The van der Waals surface area contributed by atoms with Crippen molar-refractivity contribution in [1.82, 2.24) is 9.80 Å². The van der Waals surface area contributed by atoms with Crippen LogP contribution in [0.5, 0.6) is 0 Å². The van der Waals surface area contributed by atoms with Gasteiger partial charge in [-0.2, -0.15) is 0 Å². The molecular formula is C19H19Cl2FN2OS. The lowest BCUT2D eigenvalue weighted by atomic mass is 10.2. The molecular weight excluding hydrogens is 394 g/mol. The number of halogens is 3. The molecule has 1 saturated carbocycles. The lowest BCUT2D eigenvalue weighted by molar-refractivity contribution is -0.134. The van der Waals surface area contributed by atoms with E-state index in [0.717, 1.165) is 30.1 Å². The quantitative estimate of drug-likeness (QED) is 0.695. The Morgan fingerprint density at radius 1 is 1.19 bits per heavy atom. The number of hydrogen-bond acceptors (Lipinski definition) is 3. The van der Waals surface area contributed by atoms with E-state index in [9.17, 15) is 9.18 Å². The number of piperazine rings is 1. The molecule has 0 bridgehead atoms. The maximum absolute atomic E-state index is 13.4. The summed E-state index contributed by atoms with van der Waals surface area (Å²) in [6.45, 7) is 3.94. The Balaban J connectivity index is 1.32. The molecule has 0 unspecified atom stereocenters. The number of amides is 1. The van der Waals surface area contributed by atoms with E-state index in [4.69, 9.17) is 23.2 Å². The van der Waals surface area contributed by atoms with Crippen molar-refractivity contribution < 1.29 is 9.18 Å². The van der Waals surface area contributed by atoms with Crippen LogP contribution in [0.25, 0.3) is 10.4 Å². The summed E-state index contributed by atoms with van der Waals surface area (Å²) in [7, 11) is 0. The third-order valence-corrected chi connectivity index (χ3v) is 6.91. The highest BCUT2D eigenvalue weighted by Gasteiger charge is 2.57. The van der Waals surface area contributed by atoms with Crippen LogP contribution in [-0.2, 0) is 11.3 Å². The SMILES string of the molecule is O=C([C@H]1CC1(Cl)Cl)N1CCN(Cc2ccc(-c3cccc(F)c3)s2)CC1. The molecule has 1 aliphatic heterocycles. The van der Waals surface area contributed by atoms with E-state index in [1.54, 1.807) is 23.5 Å². The van der Waals surface area contributed by atoms with Crippen molar-refractivity contribution in [2.45, 2.75) is 17.3 Å². The van der Waals surface area contributed by atoms with E-state index in [2.05, 4.69) is 11.0 Å². The number of nitrogens with zero attached hydrogens (tertiary/aromatic N) is 2. The van der Waals surface area contributed by atoms with Crippen LogP contribution in [-0.4, -0.2) is 46.2 Å². The maximum Gasteiger partial charge on any atom is 0.228 e. The second-order valence-electron chi connectivity index (χ2n) is 6.90. The molecule has 0 N–H and O–H groups in total. The molecule has 1 aromatic carbocycles. The summed E-state index contributed by atoms with van der Waals surface area (Å²) in [6, 6.07) is 10.8. The molecule has 2 heterocycles. The van der Waals surface area contributed by atoms with Gasteiger partial charge in [-0.25, -0.2) is 4.39 Å². The van der Waals surface area contributed by atoms with Gasteiger partial charge in [0.25, 0.3) is 0 Å². The predicted molar refractivity (Wildman–Crippen MR) is 104 cm³/mol. The molecule has 2 aromatic rings. The first-order valence-corrected chi connectivity index (χ1v) is 10.2. The molecule has 1 atom stereocenters. The van der Waals surface area contributed by atoms with Crippen molar-refractivity contribution in [3.8, 4) is 10.4 Å². The van der Waals surface area contributed by atoms with Crippen LogP contribution in [0.4, 0.5) is 4.39 Å². The van der Waals surface area contributed by atoms with E-state index >= 15 is 0 Å². The normalized spacial score (nSPS) is 22.4. The Kier molecular flexibility index (Phi) is 4.99. The van der Waals surface area contributed by atoms with Gasteiger partial charge in [-0.15, -0.1) is 34.5 Å². The highest BCUT2D eigenvalue weighted by Crippen LogP contribution is 2.53. The van der Waals surface area contributed by atoms with Crippen LogP contribution >= 0.6 is 34.5 Å². The zero-order valence-electron chi connectivity index (χ0n) is 14.1. The molecule has 0 radical (unpaired) electrons. The minimum Gasteiger partial charge on any atom is -0.340 e. The molecule has 26 heavy (non-hydrogen) atoms. The van der Waals surface area contributed by atoms with Gasteiger partial charge in [0.15, 0.2) is 0 Å². The molecule has 2 fully saturated rings. The summed E-state index contributed by atoms with van der Waals surface area (Å²) in [5.41, 5.74) is 0.909. The molecule has 7 heteroatoms. The predicted octanol–water partition coefficient (Wildman–Crippen LogP) is 4.39. The summed E-state index contributed by atoms with van der Waals surface area (Å²) in [5.74, 6) is -0.366. The number of alkyl halides is 2. The van der Waals surface area contributed by atoms with Gasteiger partial charge < -0.3 is 4.90 Å². The van der Waals surface area contributed by atoms with Gasteiger partial charge in [0.1, 0.15) is 10.2 Å². The third-order valence-electron chi connectivity index (χ3n) is 4.96. The van der Waals surface area contributed by atoms with E-state index in [1.165, 1.54) is 10.9 Å². The Morgan fingerprint density at radius 2 is 1.92 bits per heavy atom. The Morgan fingerprint density at radius 3 is 2.58 bits per heavy atom. The van der Waals surface area contributed by atoms with Crippen molar-refractivity contribution in [3.63, 3.8) is 0 Å². The summed E-state index contributed by atoms with van der Waals surface area (Å²) >= 11 is 13.7. The average molecular weight is 413 g/mol. The molecule has 1 saturated heterocycles. The van der Waals surface area contributed by atoms with E-state index in [-0.39, 0.29) is 17.6 Å². The van der Waals surface area contributed by atoms with Crippen LogP contribution in [0, 0.1) is 11.7 Å². The first-order chi connectivity index (χ1) is 12.4. The second kappa shape index (κ2) is 7.12. The Labute approximate surface area is 166 Å². The minimum atomic E-state index is -0.849. The number of rotatable bonds is 4. The molecule has 2 aliphatic rings. The minimum absolute atomic E-state index is 0.0826. The number of hydrogen-bond donors (Lipinski definition) is 0. The fraction of sp³-hybridized carbons (Fsp3) is 0.421.